The molecule has 0 bridgehead atoms. The third-order valence-corrected chi connectivity index (χ3v) is 3.31. The smallest absolute Gasteiger partial charge is 0.0762 e. The number of benzene rings is 1. The summed E-state index contributed by atoms with van der Waals surface area (Å²) in [6, 6.07) is 8.69. The van der Waals surface area contributed by atoms with Crippen molar-refractivity contribution < 1.29 is 4.74 Å². The second kappa shape index (κ2) is 4.19. The highest BCUT2D eigenvalue weighted by Crippen LogP contribution is 2.36. The molecule has 0 aromatic heterocycles. The van der Waals surface area contributed by atoms with E-state index in [2.05, 4.69) is 38.1 Å². The molecule has 0 spiro atoms. The summed E-state index contributed by atoms with van der Waals surface area (Å²) < 4.78 is 5.44. The lowest BCUT2D eigenvalue weighted by Gasteiger charge is -2.13. The van der Waals surface area contributed by atoms with Gasteiger partial charge in [-0.3, -0.25) is 0 Å². The van der Waals surface area contributed by atoms with Crippen LogP contribution in [0.3, 0.4) is 0 Å². The third-order valence-electron chi connectivity index (χ3n) is 3.31. The van der Waals surface area contributed by atoms with E-state index < -0.39 is 0 Å². The topological polar surface area (TPSA) is 9.23 Å². The van der Waals surface area contributed by atoms with Crippen molar-refractivity contribution >= 4 is 5.57 Å². The maximum absolute atomic E-state index is 5.44. The van der Waals surface area contributed by atoms with Crippen LogP contribution in [0, 0.1) is 0 Å². The van der Waals surface area contributed by atoms with Gasteiger partial charge in [0.15, 0.2) is 0 Å². The first-order chi connectivity index (χ1) is 7.27. The molecule has 1 aliphatic carbocycles. The van der Waals surface area contributed by atoms with E-state index >= 15 is 0 Å². The zero-order chi connectivity index (χ0) is 10.8. The number of fused-ring (bicyclic) bond motifs is 1. The van der Waals surface area contributed by atoms with Crippen molar-refractivity contribution in [1.82, 2.24) is 0 Å². The van der Waals surface area contributed by atoms with Gasteiger partial charge in [-0.2, -0.15) is 0 Å². The normalized spacial score (nSPS) is 16.7. The first-order valence-corrected chi connectivity index (χ1v) is 5.61. The molecule has 1 aromatic rings. The van der Waals surface area contributed by atoms with Gasteiger partial charge in [-0.25, -0.2) is 0 Å². The van der Waals surface area contributed by atoms with E-state index in [1.165, 1.54) is 22.3 Å². The van der Waals surface area contributed by atoms with Crippen molar-refractivity contribution in [1.29, 1.82) is 0 Å². The van der Waals surface area contributed by atoms with Gasteiger partial charge in [-0.05, 0) is 42.0 Å². The molecule has 0 radical (unpaired) electrons. The Balaban J connectivity index is 2.43. The predicted octanol–water partition coefficient (Wildman–Crippen LogP) is 3.44. The SMILES string of the molecule is CCC1=C(C(C)OC)Cc2ccccc21. The maximum Gasteiger partial charge on any atom is 0.0762 e. The largest absolute Gasteiger partial charge is 0.377 e. The highest BCUT2D eigenvalue weighted by Gasteiger charge is 2.23. The number of ether oxygens (including phenoxy) is 1. The fraction of sp³-hybridized carbons (Fsp3) is 0.429. The molecule has 2 rings (SSSR count). The van der Waals surface area contributed by atoms with Crippen molar-refractivity contribution in [2.24, 2.45) is 0 Å². The first kappa shape index (κ1) is 10.4. The quantitative estimate of drug-likeness (QED) is 0.729. The zero-order valence-electron chi connectivity index (χ0n) is 9.71. The van der Waals surface area contributed by atoms with Gasteiger partial charge in [0.2, 0.25) is 0 Å². The molecular formula is C14H18O. The predicted molar refractivity (Wildman–Crippen MR) is 63.8 cm³/mol. The Morgan fingerprint density at radius 1 is 1.33 bits per heavy atom. The lowest BCUT2D eigenvalue weighted by molar-refractivity contribution is 0.146. The van der Waals surface area contributed by atoms with E-state index in [0.717, 1.165) is 12.8 Å². The second-order valence-corrected chi connectivity index (χ2v) is 4.07. The van der Waals surface area contributed by atoms with E-state index in [9.17, 15) is 0 Å². The molecule has 1 aliphatic rings. The molecule has 0 saturated heterocycles. The van der Waals surface area contributed by atoms with Crippen molar-refractivity contribution in [3.63, 3.8) is 0 Å². The average Bonchev–Trinajstić information content (AvgIpc) is 2.66. The molecule has 1 unspecified atom stereocenters. The Labute approximate surface area is 91.8 Å². The first-order valence-electron chi connectivity index (χ1n) is 5.61. The molecule has 0 N–H and O–H groups in total. The minimum absolute atomic E-state index is 0.243. The van der Waals surface area contributed by atoms with Gasteiger partial charge in [0.1, 0.15) is 0 Å². The van der Waals surface area contributed by atoms with Gasteiger partial charge in [0.25, 0.3) is 0 Å². The number of methoxy groups -OCH3 is 1. The molecule has 0 saturated carbocycles. The highest BCUT2D eigenvalue weighted by atomic mass is 16.5. The van der Waals surface area contributed by atoms with E-state index in [-0.39, 0.29) is 6.10 Å². The number of rotatable bonds is 3. The molecule has 0 fully saturated rings. The highest BCUT2D eigenvalue weighted by molar-refractivity contribution is 5.76. The van der Waals surface area contributed by atoms with Crippen LogP contribution < -0.4 is 0 Å². The lowest BCUT2D eigenvalue weighted by atomic mass is 10.0. The Bertz CT molecular complexity index is 390. The van der Waals surface area contributed by atoms with Crippen LogP contribution in [0.4, 0.5) is 0 Å². The van der Waals surface area contributed by atoms with Crippen molar-refractivity contribution in [3.8, 4) is 0 Å². The van der Waals surface area contributed by atoms with E-state index in [4.69, 9.17) is 4.74 Å². The Kier molecular flexibility index (Phi) is 2.92. The monoisotopic (exact) mass is 202 g/mol. The standard InChI is InChI=1S/C14H18O/c1-4-12-13-8-6-5-7-11(13)9-14(12)10(2)15-3/h5-8,10H,4,9H2,1-3H3. The fourth-order valence-electron chi connectivity index (χ4n) is 2.40. The molecule has 80 valence electrons. The van der Waals surface area contributed by atoms with Crippen LogP contribution in [0.15, 0.2) is 29.8 Å². The van der Waals surface area contributed by atoms with Gasteiger partial charge in [0, 0.05) is 7.11 Å². The average molecular weight is 202 g/mol. The lowest BCUT2D eigenvalue weighted by Crippen LogP contribution is -2.09. The molecule has 15 heavy (non-hydrogen) atoms. The summed E-state index contributed by atoms with van der Waals surface area (Å²) in [5, 5.41) is 0. The summed E-state index contributed by atoms with van der Waals surface area (Å²) in [6.45, 7) is 4.36. The molecule has 1 heteroatoms. The molecule has 1 atom stereocenters. The Hall–Kier alpha value is -1.08. The van der Waals surface area contributed by atoms with E-state index in [1.54, 1.807) is 7.11 Å². The maximum atomic E-state index is 5.44. The van der Waals surface area contributed by atoms with Crippen LogP contribution in [-0.4, -0.2) is 13.2 Å². The van der Waals surface area contributed by atoms with Crippen molar-refractivity contribution in [2.75, 3.05) is 7.11 Å². The molecule has 0 aliphatic heterocycles. The van der Waals surface area contributed by atoms with Crippen molar-refractivity contribution in [2.45, 2.75) is 32.8 Å². The van der Waals surface area contributed by atoms with Gasteiger partial charge in [0.05, 0.1) is 6.10 Å². The summed E-state index contributed by atoms with van der Waals surface area (Å²) in [5.74, 6) is 0. The zero-order valence-corrected chi connectivity index (χ0v) is 9.71. The van der Waals surface area contributed by atoms with Crippen LogP contribution >= 0.6 is 0 Å². The Morgan fingerprint density at radius 3 is 2.73 bits per heavy atom. The Morgan fingerprint density at radius 2 is 2.07 bits per heavy atom. The van der Waals surface area contributed by atoms with Gasteiger partial charge in [-0.1, -0.05) is 31.2 Å². The molecule has 1 nitrogen and oxygen atoms in total. The molecule has 1 aromatic carbocycles. The minimum atomic E-state index is 0.243. The van der Waals surface area contributed by atoms with Gasteiger partial charge < -0.3 is 4.74 Å². The second-order valence-electron chi connectivity index (χ2n) is 4.07. The summed E-state index contributed by atoms with van der Waals surface area (Å²) in [6.07, 6.45) is 2.40. The van der Waals surface area contributed by atoms with Crippen LogP contribution in [0.5, 0.6) is 0 Å². The van der Waals surface area contributed by atoms with Crippen LogP contribution in [-0.2, 0) is 11.2 Å². The van der Waals surface area contributed by atoms with Crippen molar-refractivity contribution in [3.05, 3.63) is 41.0 Å². The number of allylic oxidation sites excluding steroid dienone is 1. The third kappa shape index (κ3) is 1.72. The summed E-state index contributed by atoms with van der Waals surface area (Å²) in [5.41, 5.74) is 5.83. The summed E-state index contributed by atoms with van der Waals surface area (Å²) in [7, 11) is 1.79. The number of hydrogen-bond donors (Lipinski definition) is 0. The van der Waals surface area contributed by atoms with Crippen LogP contribution in [0.1, 0.15) is 31.4 Å². The molecule has 0 amide bonds. The van der Waals surface area contributed by atoms with E-state index in [1.807, 2.05) is 0 Å². The molecule has 0 heterocycles. The summed E-state index contributed by atoms with van der Waals surface area (Å²) in [4.78, 5) is 0. The van der Waals surface area contributed by atoms with Gasteiger partial charge in [-0.15, -0.1) is 0 Å². The number of hydrogen-bond acceptors (Lipinski definition) is 1. The minimum Gasteiger partial charge on any atom is -0.377 e. The van der Waals surface area contributed by atoms with E-state index in [0.29, 0.717) is 0 Å². The van der Waals surface area contributed by atoms with Gasteiger partial charge >= 0.3 is 0 Å². The summed E-state index contributed by atoms with van der Waals surface area (Å²) >= 11 is 0. The van der Waals surface area contributed by atoms with Crippen LogP contribution in [0.2, 0.25) is 0 Å². The molecular weight excluding hydrogens is 184 g/mol. The fourth-order valence-corrected chi connectivity index (χ4v) is 2.40. The van der Waals surface area contributed by atoms with Crippen LogP contribution in [0.25, 0.3) is 5.57 Å².